The summed E-state index contributed by atoms with van der Waals surface area (Å²) in [5.41, 5.74) is 8.11. The van der Waals surface area contributed by atoms with Gasteiger partial charge in [-0.05, 0) is 37.5 Å². The van der Waals surface area contributed by atoms with Gasteiger partial charge in [-0.15, -0.1) is 0 Å². The zero-order valence-electron chi connectivity index (χ0n) is 9.21. The van der Waals surface area contributed by atoms with Gasteiger partial charge in [0.1, 0.15) is 5.75 Å². The minimum absolute atomic E-state index is 0.0916. The van der Waals surface area contributed by atoms with Gasteiger partial charge >= 0.3 is 0 Å². The fourth-order valence-corrected chi connectivity index (χ4v) is 1.33. The topological polar surface area (TPSA) is 35.2 Å². The third-order valence-electron chi connectivity index (χ3n) is 2.19. The van der Waals surface area contributed by atoms with E-state index in [4.69, 9.17) is 10.5 Å². The average molecular weight is 193 g/mol. The van der Waals surface area contributed by atoms with Crippen molar-refractivity contribution < 1.29 is 4.74 Å². The van der Waals surface area contributed by atoms with Crippen LogP contribution in [0.3, 0.4) is 0 Å². The molecule has 0 amide bonds. The smallest absolute Gasteiger partial charge is 0.122 e. The molecule has 0 heterocycles. The molecule has 0 aliphatic carbocycles. The summed E-state index contributed by atoms with van der Waals surface area (Å²) in [5.74, 6) is 0.969. The van der Waals surface area contributed by atoms with Crippen LogP contribution in [-0.2, 0) is 0 Å². The molecule has 14 heavy (non-hydrogen) atoms. The molecular weight excluding hydrogens is 174 g/mol. The van der Waals surface area contributed by atoms with Gasteiger partial charge in [-0.1, -0.05) is 19.1 Å². The van der Waals surface area contributed by atoms with E-state index in [1.165, 1.54) is 0 Å². The van der Waals surface area contributed by atoms with Crippen molar-refractivity contribution in [2.75, 3.05) is 6.61 Å². The highest BCUT2D eigenvalue weighted by atomic mass is 16.5. The fourth-order valence-electron chi connectivity index (χ4n) is 1.33. The summed E-state index contributed by atoms with van der Waals surface area (Å²) in [6.07, 6.45) is 1.04. The summed E-state index contributed by atoms with van der Waals surface area (Å²) in [6, 6.07) is 6.22. The van der Waals surface area contributed by atoms with Gasteiger partial charge in [-0.25, -0.2) is 0 Å². The standard InChI is InChI=1S/C12H19NO/c1-4-7-14-12-6-5-11(10(3)13)8-9(12)2/h5-6,8,10H,4,7,13H2,1-3H3/t10-/m0/s1. The summed E-state index contributed by atoms with van der Waals surface area (Å²) >= 11 is 0. The molecule has 0 aliphatic rings. The lowest BCUT2D eigenvalue weighted by Gasteiger charge is -2.11. The number of aryl methyl sites for hydroxylation is 1. The molecule has 0 aromatic heterocycles. The molecule has 0 bridgehead atoms. The maximum absolute atomic E-state index is 5.79. The maximum Gasteiger partial charge on any atom is 0.122 e. The van der Waals surface area contributed by atoms with E-state index < -0.39 is 0 Å². The summed E-state index contributed by atoms with van der Waals surface area (Å²) in [6.45, 7) is 6.92. The zero-order valence-corrected chi connectivity index (χ0v) is 9.21. The molecular formula is C12H19NO. The van der Waals surface area contributed by atoms with Crippen LogP contribution in [0.2, 0.25) is 0 Å². The summed E-state index contributed by atoms with van der Waals surface area (Å²) < 4.78 is 5.58. The van der Waals surface area contributed by atoms with E-state index >= 15 is 0 Å². The first-order chi connectivity index (χ1) is 6.65. The van der Waals surface area contributed by atoms with Crippen LogP contribution in [0.15, 0.2) is 18.2 Å². The highest BCUT2D eigenvalue weighted by Gasteiger charge is 2.03. The van der Waals surface area contributed by atoms with E-state index in [2.05, 4.69) is 19.9 Å². The maximum atomic E-state index is 5.79. The molecule has 2 heteroatoms. The van der Waals surface area contributed by atoms with Crippen molar-refractivity contribution in [3.63, 3.8) is 0 Å². The van der Waals surface area contributed by atoms with Gasteiger partial charge in [0.15, 0.2) is 0 Å². The first kappa shape index (κ1) is 11.1. The summed E-state index contributed by atoms with van der Waals surface area (Å²) in [4.78, 5) is 0. The van der Waals surface area contributed by atoms with Gasteiger partial charge in [-0.2, -0.15) is 0 Å². The Morgan fingerprint density at radius 2 is 2.14 bits per heavy atom. The van der Waals surface area contributed by atoms with Crippen molar-refractivity contribution in [2.24, 2.45) is 5.73 Å². The Morgan fingerprint density at radius 1 is 1.43 bits per heavy atom. The van der Waals surface area contributed by atoms with E-state index in [0.717, 1.165) is 29.9 Å². The molecule has 0 fully saturated rings. The number of benzene rings is 1. The summed E-state index contributed by atoms with van der Waals surface area (Å²) in [5, 5.41) is 0. The predicted octanol–water partition coefficient (Wildman–Crippen LogP) is 2.80. The predicted molar refractivity (Wildman–Crippen MR) is 59.6 cm³/mol. The normalized spacial score (nSPS) is 12.6. The first-order valence-electron chi connectivity index (χ1n) is 5.14. The monoisotopic (exact) mass is 193 g/mol. The highest BCUT2D eigenvalue weighted by molar-refractivity contribution is 5.37. The average Bonchev–Trinajstić information content (AvgIpc) is 2.15. The Morgan fingerprint density at radius 3 is 2.64 bits per heavy atom. The number of nitrogens with two attached hydrogens (primary N) is 1. The van der Waals surface area contributed by atoms with E-state index in [1.807, 2.05) is 19.1 Å². The molecule has 2 N–H and O–H groups in total. The number of hydrogen-bond donors (Lipinski definition) is 1. The van der Waals surface area contributed by atoms with Crippen LogP contribution in [0, 0.1) is 6.92 Å². The molecule has 0 radical (unpaired) electrons. The van der Waals surface area contributed by atoms with Gasteiger partial charge in [0, 0.05) is 6.04 Å². The van der Waals surface area contributed by atoms with Crippen molar-refractivity contribution in [3.8, 4) is 5.75 Å². The minimum atomic E-state index is 0.0916. The van der Waals surface area contributed by atoms with Crippen LogP contribution >= 0.6 is 0 Å². The molecule has 0 aliphatic heterocycles. The quantitative estimate of drug-likeness (QED) is 0.798. The largest absolute Gasteiger partial charge is 0.493 e. The van der Waals surface area contributed by atoms with Crippen molar-refractivity contribution >= 4 is 0 Å². The second-order valence-corrected chi connectivity index (χ2v) is 3.66. The summed E-state index contributed by atoms with van der Waals surface area (Å²) in [7, 11) is 0. The third kappa shape index (κ3) is 2.74. The molecule has 0 spiro atoms. The fraction of sp³-hybridized carbons (Fsp3) is 0.500. The number of ether oxygens (including phenoxy) is 1. The van der Waals surface area contributed by atoms with E-state index in [-0.39, 0.29) is 6.04 Å². The van der Waals surface area contributed by atoms with E-state index in [1.54, 1.807) is 0 Å². The Balaban J connectivity index is 2.79. The van der Waals surface area contributed by atoms with E-state index in [9.17, 15) is 0 Å². The van der Waals surface area contributed by atoms with Gasteiger partial charge in [0.25, 0.3) is 0 Å². The lowest BCUT2D eigenvalue weighted by atomic mass is 10.1. The van der Waals surface area contributed by atoms with Crippen LogP contribution in [0.4, 0.5) is 0 Å². The number of rotatable bonds is 4. The molecule has 1 rings (SSSR count). The molecule has 78 valence electrons. The van der Waals surface area contributed by atoms with Crippen LogP contribution < -0.4 is 10.5 Å². The van der Waals surface area contributed by atoms with Crippen LogP contribution in [0.5, 0.6) is 5.75 Å². The lowest BCUT2D eigenvalue weighted by molar-refractivity contribution is 0.315. The van der Waals surface area contributed by atoms with Crippen molar-refractivity contribution in [2.45, 2.75) is 33.2 Å². The van der Waals surface area contributed by atoms with Crippen LogP contribution in [0.1, 0.15) is 37.4 Å². The molecule has 0 saturated carbocycles. The van der Waals surface area contributed by atoms with Gasteiger partial charge < -0.3 is 10.5 Å². The van der Waals surface area contributed by atoms with Gasteiger partial charge in [-0.3, -0.25) is 0 Å². The second kappa shape index (κ2) is 5.01. The van der Waals surface area contributed by atoms with Gasteiger partial charge in [0.2, 0.25) is 0 Å². The Bertz CT molecular complexity index is 294. The van der Waals surface area contributed by atoms with Crippen LogP contribution in [-0.4, -0.2) is 6.61 Å². The van der Waals surface area contributed by atoms with Crippen molar-refractivity contribution in [3.05, 3.63) is 29.3 Å². The highest BCUT2D eigenvalue weighted by Crippen LogP contribution is 2.21. The van der Waals surface area contributed by atoms with Crippen LogP contribution in [0.25, 0.3) is 0 Å². The lowest BCUT2D eigenvalue weighted by Crippen LogP contribution is -2.05. The number of hydrogen-bond acceptors (Lipinski definition) is 2. The third-order valence-corrected chi connectivity index (χ3v) is 2.19. The molecule has 1 atom stereocenters. The van der Waals surface area contributed by atoms with Crippen molar-refractivity contribution in [1.29, 1.82) is 0 Å². The molecule has 1 aromatic rings. The van der Waals surface area contributed by atoms with Crippen molar-refractivity contribution in [1.82, 2.24) is 0 Å². The molecule has 0 unspecified atom stereocenters. The first-order valence-corrected chi connectivity index (χ1v) is 5.14. The van der Waals surface area contributed by atoms with Gasteiger partial charge in [0.05, 0.1) is 6.61 Å². The second-order valence-electron chi connectivity index (χ2n) is 3.66. The molecule has 0 saturated heterocycles. The Kier molecular flexibility index (Phi) is 3.96. The zero-order chi connectivity index (χ0) is 10.6. The SMILES string of the molecule is CCCOc1ccc([C@H](C)N)cc1C. The molecule has 1 aromatic carbocycles. The Labute approximate surface area is 86.1 Å². The minimum Gasteiger partial charge on any atom is -0.493 e. The Hall–Kier alpha value is -1.02. The molecule has 2 nitrogen and oxygen atoms in total. The van der Waals surface area contributed by atoms with E-state index in [0.29, 0.717) is 0 Å².